The van der Waals surface area contributed by atoms with Crippen LogP contribution >= 0.6 is 11.6 Å². The van der Waals surface area contributed by atoms with Gasteiger partial charge in [-0.1, -0.05) is 53.6 Å². The monoisotopic (exact) mass is 329 g/mol. The lowest BCUT2D eigenvalue weighted by Gasteiger charge is -2.32. The first-order valence-corrected chi connectivity index (χ1v) is 8.24. The molecule has 0 bridgehead atoms. The highest BCUT2D eigenvalue weighted by Gasteiger charge is 2.36. The van der Waals surface area contributed by atoms with E-state index in [2.05, 4.69) is 36.1 Å². The molecule has 1 saturated heterocycles. The Labute approximate surface area is 141 Å². The number of hydrogen-bond acceptors (Lipinski definition) is 2. The van der Waals surface area contributed by atoms with Crippen molar-refractivity contribution >= 4 is 17.6 Å². The van der Waals surface area contributed by atoms with Gasteiger partial charge in [-0.3, -0.25) is 9.69 Å². The second-order valence-electron chi connectivity index (χ2n) is 6.10. The number of benzene rings is 2. The van der Waals surface area contributed by atoms with Gasteiger partial charge in [-0.15, -0.1) is 0 Å². The van der Waals surface area contributed by atoms with Gasteiger partial charge < -0.3 is 5.11 Å². The number of carboxylic acid groups (broad SMARTS) is 1. The van der Waals surface area contributed by atoms with Gasteiger partial charge in [-0.2, -0.15) is 0 Å². The first-order chi connectivity index (χ1) is 11.1. The maximum Gasteiger partial charge on any atom is 0.320 e. The first-order valence-electron chi connectivity index (χ1n) is 7.87. The summed E-state index contributed by atoms with van der Waals surface area (Å²) in [5.41, 5.74) is 3.39. The average molecular weight is 330 g/mol. The SMILES string of the molecule is Cc1ccc(C(c2ccc(Cl)cc2)N2CCCC2C(=O)O)cc1. The summed E-state index contributed by atoms with van der Waals surface area (Å²) in [6.45, 7) is 2.84. The van der Waals surface area contributed by atoms with Crippen LogP contribution in [-0.2, 0) is 4.79 Å². The zero-order valence-corrected chi connectivity index (χ0v) is 13.8. The minimum atomic E-state index is -0.742. The van der Waals surface area contributed by atoms with Crippen LogP contribution in [0.4, 0.5) is 0 Å². The number of aryl methyl sites for hydroxylation is 1. The highest BCUT2D eigenvalue weighted by Crippen LogP contribution is 2.35. The van der Waals surface area contributed by atoms with Crippen LogP contribution in [-0.4, -0.2) is 28.6 Å². The summed E-state index contributed by atoms with van der Waals surface area (Å²) in [7, 11) is 0. The van der Waals surface area contributed by atoms with Crippen LogP contribution in [0.3, 0.4) is 0 Å². The minimum Gasteiger partial charge on any atom is -0.480 e. The molecule has 2 aromatic rings. The van der Waals surface area contributed by atoms with Crippen molar-refractivity contribution in [3.8, 4) is 0 Å². The number of carboxylic acids is 1. The third-order valence-corrected chi connectivity index (χ3v) is 4.74. The Kier molecular flexibility index (Phi) is 4.69. The fourth-order valence-electron chi connectivity index (χ4n) is 3.33. The Hall–Kier alpha value is -1.84. The molecule has 3 nitrogen and oxygen atoms in total. The second-order valence-corrected chi connectivity index (χ2v) is 6.54. The van der Waals surface area contributed by atoms with Crippen LogP contribution in [0.15, 0.2) is 48.5 Å². The summed E-state index contributed by atoms with van der Waals surface area (Å²) >= 11 is 6.01. The molecular weight excluding hydrogens is 310 g/mol. The number of carbonyl (C=O) groups is 1. The Morgan fingerprint density at radius 3 is 2.26 bits per heavy atom. The zero-order valence-electron chi connectivity index (χ0n) is 13.1. The lowest BCUT2D eigenvalue weighted by Crippen LogP contribution is -2.39. The van der Waals surface area contributed by atoms with Crippen molar-refractivity contribution in [3.05, 3.63) is 70.2 Å². The number of nitrogens with zero attached hydrogens (tertiary/aromatic N) is 1. The Morgan fingerprint density at radius 1 is 1.13 bits per heavy atom. The largest absolute Gasteiger partial charge is 0.480 e. The van der Waals surface area contributed by atoms with E-state index in [4.69, 9.17) is 11.6 Å². The molecule has 1 heterocycles. The molecule has 23 heavy (non-hydrogen) atoms. The topological polar surface area (TPSA) is 40.5 Å². The summed E-state index contributed by atoms with van der Waals surface area (Å²) in [6, 6.07) is 15.5. The van der Waals surface area contributed by atoms with Crippen molar-refractivity contribution in [3.63, 3.8) is 0 Å². The number of halogens is 1. The summed E-state index contributed by atoms with van der Waals surface area (Å²) in [6.07, 6.45) is 1.61. The molecule has 120 valence electrons. The lowest BCUT2D eigenvalue weighted by molar-refractivity contribution is -0.142. The molecule has 0 aliphatic carbocycles. The van der Waals surface area contributed by atoms with Gasteiger partial charge in [0.05, 0.1) is 6.04 Å². The fourth-order valence-corrected chi connectivity index (χ4v) is 3.46. The smallest absolute Gasteiger partial charge is 0.320 e. The Morgan fingerprint density at radius 2 is 1.70 bits per heavy atom. The molecule has 2 atom stereocenters. The molecule has 0 spiro atoms. The summed E-state index contributed by atoms with van der Waals surface area (Å²) in [4.78, 5) is 13.7. The predicted octanol–water partition coefficient (Wildman–Crippen LogP) is 4.29. The molecule has 1 aliphatic heterocycles. The molecule has 2 aromatic carbocycles. The fraction of sp³-hybridized carbons (Fsp3) is 0.316. The maximum absolute atomic E-state index is 11.6. The quantitative estimate of drug-likeness (QED) is 0.909. The van der Waals surface area contributed by atoms with Gasteiger partial charge in [0.2, 0.25) is 0 Å². The van der Waals surface area contributed by atoms with Gasteiger partial charge in [0.25, 0.3) is 0 Å². The van der Waals surface area contributed by atoms with E-state index in [9.17, 15) is 9.90 Å². The molecule has 0 aromatic heterocycles. The molecule has 0 amide bonds. The van der Waals surface area contributed by atoms with Crippen molar-refractivity contribution in [2.75, 3.05) is 6.54 Å². The van der Waals surface area contributed by atoms with Crippen LogP contribution < -0.4 is 0 Å². The molecular formula is C19H20ClNO2. The van der Waals surface area contributed by atoms with Gasteiger partial charge >= 0.3 is 5.97 Å². The summed E-state index contributed by atoms with van der Waals surface area (Å²) < 4.78 is 0. The minimum absolute atomic E-state index is 0.0588. The molecule has 0 radical (unpaired) electrons. The molecule has 2 unspecified atom stereocenters. The van der Waals surface area contributed by atoms with Crippen molar-refractivity contribution < 1.29 is 9.90 Å². The lowest BCUT2D eigenvalue weighted by atomic mass is 9.95. The van der Waals surface area contributed by atoms with Crippen LogP contribution in [0.1, 0.15) is 35.6 Å². The van der Waals surface area contributed by atoms with E-state index < -0.39 is 12.0 Å². The number of hydrogen-bond donors (Lipinski definition) is 1. The van der Waals surface area contributed by atoms with E-state index in [-0.39, 0.29) is 6.04 Å². The molecule has 0 saturated carbocycles. The molecule has 3 rings (SSSR count). The van der Waals surface area contributed by atoms with Gasteiger partial charge in [-0.25, -0.2) is 0 Å². The molecule has 1 fully saturated rings. The third kappa shape index (κ3) is 3.41. The summed E-state index contributed by atoms with van der Waals surface area (Å²) in [5.74, 6) is -0.742. The van der Waals surface area contributed by atoms with Crippen molar-refractivity contribution in [1.29, 1.82) is 0 Å². The Balaban J connectivity index is 2.04. The Bertz CT molecular complexity index is 636. The third-order valence-electron chi connectivity index (χ3n) is 4.49. The van der Waals surface area contributed by atoms with Gasteiger partial charge in [0.1, 0.15) is 6.04 Å². The van der Waals surface area contributed by atoms with Gasteiger partial charge in [-0.05, 0) is 43.0 Å². The van der Waals surface area contributed by atoms with Gasteiger partial charge in [0.15, 0.2) is 0 Å². The summed E-state index contributed by atoms with van der Waals surface area (Å²) in [5, 5.41) is 10.2. The molecule has 4 heteroatoms. The van der Waals surface area contributed by atoms with Crippen molar-refractivity contribution in [2.24, 2.45) is 0 Å². The van der Waals surface area contributed by atoms with Crippen LogP contribution in [0.5, 0.6) is 0 Å². The van der Waals surface area contributed by atoms with E-state index >= 15 is 0 Å². The maximum atomic E-state index is 11.6. The predicted molar refractivity (Wildman–Crippen MR) is 91.8 cm³/mol. The van der Waals surface area contributed by atoms with E-state index in [1.54, 1.807) is 0 Å². The molecule has 1 aliphatic rings. The zero-order chi connectivity index (χ0) is 16.4. The van der Waals surface area contributed by atoms with Crippen molar-refractivity contribution in [1.82, 2.24) is 4.90 Å². The van der Waals surface area contributed by atoms with Crippen LogP contribution in [0.25, 0.3) is 0 Å². The highest BCUT2D eigenvalue weighted by atomic mass is 35.5. The normalized spacial score (nSPS) is 19.7. The van der Waals surface area contributed by atoms with E-state index in [1.807, 2.05) is 24.3 Å². The van der Waals surface area contributed by atoms with Gasteiger partial charge in [0, 0.05) is 11.6 Å². The van der Waals surface area contributed by atoms with Crippen LogP contribution in [0.2, 0.25) is 5.02 Å². The number of rotatable bonds is 4. The van der Waals surface area contributed by atoms with E-state index in [0.717, 1.165) is 24.1 Å². The van der Waals surface area contributed by atoms with Crippen LogP contribution in [0, 0.1) is 6.92 Å². The standard InChI is InChI=1S/C19H20ClNO2/c1-13-4-6-14(7-5-13)18(15-8-10-16(20)11-9-15)21-12-2-3-17(21)19(22)23/h4-11,17-18H,2-3,12H2,1H3,(H,22,23). The molecule has 1 N–H and O–H groups in total. The highest BCUT2D eigenvalue weighted by molar-refractivity contribution is 6.30. The van der Waals surface area contributed by atoms with Crippen molar-refractivity contribution in [2.45, 2.75) is 31.8 Å². The van der Waals surface area contributed by atoms with E-state index in [0.29, 0.717) is 11.4 Å². The number of likely N-dealkylation sites (tertiary alicyclic amines) is 1. The second kappa shape index (κ2) is 6.73. The first kappa shape index (κ1) is 16.0. The number of aliphatic carboxylic acids is 1. The van der Waals surface area contributed by atoms with E-state index in [1.165, 1.54) is 5.56 Å². The average Bonchev–Trinajstić information content (AvgIpc) is 3.01.